The Morgan fingerprint density at radius 3 is 2.53 bits per heavy atom. The molecule has 0 radical (unpaired) electrons. The van der Waals surface area contributed by atoms with E-state index >= 15 is 0 Å². The van der Waals surface area contributed by atoms with E-state index in [1.165, 1.54) is 5.56 Å². The van der Waals surface area contributed by atoms with E-state index in [4.69, 9.17) is 5.73 Å². The highest BCUT2D eigenvalue weighted by atomic mass is 32.2. The summed E-state index contributed by atoms with van der Waals surface area (Å²) >= 11 is 0. The fourth-order valence-electron chi connectivity index (χ4n) is 5.91. The molecule has 206 valence electrons. The molecular formula is C27H38N6O4S. The number of aromatic nitrogens is 1. The van der Waals surface area contributed by atoms with Gasteiger partial charge in [0.2, 0.25) is 21.8 Å². The van der Waals surface area contributed by atoms with Crippen LogP contribution in [0.2, 0.25) is 0 Å². The van der Waals surface area contributed by atoms with Crippen LogP contribution in [0.15, 0.2) is 30.5 Å². The standard InChI is InChI=1S/C27H38N6O4S/c28-20-10-16-33(17-11-20)38(36,37)18-2-13-32-14-8-19(9-15-32)21-4-5-23(26-22(21)3-1-12-29-26)30-24-6-7-25(34)31-27(24)35/h1,3-5,12,19-20,24,30H,2,6-11,13-18,28H2,(H,31,34,35). The zero-order valence-corrected chi connectivity index (χ0v) is 22.6. The van der Waals surface area contributed by atoms with Crippen LogP contribution in [0.3, 0.4) is 0 Å². The summed E-state index contributed by atoms with van der Waals surface area (Å²) in [6.07, 6.45) is 6.67. The van der Waals surface area contributed by atoms with Crippen LogP contribution in [-0.2, 0) is 19.6 Å². The smallest absolute Gasteiger partial charge is 0.249 e. The number of likely N-dealkylation sites (tertiary alicyclic amines) is 1. The molecule has 4 heterocycles. The van der Waals surface area contributed by atoms with Gasteiger partial charge in [-0.15, -0.1) is 0 Å². The summed E-state index contributed by atoms with van der Waals surface area (Å²) in [5, 5.41) is 6.78. The Kier molecular flexibility index (Phi) is 8.27. The number of imide groups is 1. The van der Waals surface area contributed by atoms with Crippen molar-refractivity contribution >= 4 is 38.4 Å². The number of nitrogens with two attached hydrogens (primary N) is 1. The summed E-state index contributed by atoms with van der Waals surface area (Å²) in [5.74, 6) is 0.0604. The largest absolute Gasteiger partial charge is 0.372 e. The highest BCUT2D eigenvalue weighted by Gasteiger charge is 2.29. The molecule has 5 rings (SSSR count). The first-order valence-electron chi connectivity index (χ1n) is 13.7. The molecule has 0 spiro atoms. The Bertz CT molecular complexity index is 1270. The van der Waals surface area contributed by atoms with Gasteiger partial charge in [0, 0.05) is 37.1 Å². The number of benzene rings is 1. The lowest BCUT2D eigenvalue weighted by Crippen LogP contribution is -2.47. The molecule has 2 aromatic rings. The Labute approximate surface area is 224 Å². The number of sulfonamides is 1. The number of anilines is 1. The van der Waals surface area contributed by atoms with Crippen molar-refractivity contribution in [2.24, 2.45) is 5.73 Å². The predicted octanol–water partition coefficient (Wildman–Crippen LogP) is 1.77. The molecule has 38 heavy (non-hydrogen) atoms. The lowest BCUT2D eigenvalue weighted by atomic mass is 9.86. The number of nitrogens with zero attached hydrogens (tertiary/aromatic N) is 3. The highest BCUT2D eigenvalue weighted by molar-refractivity contribution is 7.89. The van der Waals surface area contributed by atoms with Gasteiger partial charge in [-0.05, 0) is 81.8 Å². The number of hydrogen-bond donors (Lipinski definition) is 3. The number of carbonyl (C=O) groups is 2. The molecule has 3 saturated heterocycles. The van der Waals surface area contributed by atoms with Gasteiger partial charge in [-0.2, -0.15) is 0 Å². The summed E-state index contributed by atoms with van der Waals surface area (Å²) < 4.78 is 27.0. The zero-order valence-electron chi connectivity index (χ0n) is 21.8. The SMILES string of the molecule is NC1CCN(S(=O)(=O)CCCN2CCC(c3ccc(NC4CCC(=O)NC4=O)c4ncccc34)CC2)CC1. The van der Waals surface area contributed by atoms with Gasteiger partial charge in [-0.3, -0.25) is 19.9 Å². The van der Waals surface area contributed by atoms with Crippen LogP contribution < -0.4 is 16.4 Å². The van der Waals surface area contributed by atoms with Gasteiger partial charge in [0.05, 0.1) is 17.0 Å². The third-order valence-electron chi connectivity index (χ3n) is 8.17. The zero-order chi connectivity index (χ0) is 26.7. The lowest BCUT2D eigenvalue weighted by molar-refractivity contribution is -0.133. The number of fused-ring (bicyclic) bond motifs is 1. The third-order valence-corrected chi connectivity index (χ3v) is 10.1. The van der Waals surface area contributed by atoms with Crippen molar-refractivity contribution in [1.82, 2.24) is 19.5 Å². The quantitative estimate of drug-likeness (QED) is 0.429. The second kappa shape index (κ2) is 11.6. The van der Waals surface area contributed by atoms with Gasteiger partial charge in [0.25, 0.3) is 0 Å². The van der Waals surface area contributed by atoms with Gasteiger partial charge in [-0.1, -0.05) is 12.1 Å². The molecule has 11 heteroatoms. The first kappa shape index (κ1) is 27.0. The average Bonchev–Trinajstić information content (AvgIpc) is 2.91. The third kappa shape index (κ3) is 6.17. The Morgan fingerprint density at radius 2 is 1.79 bits per heavy atom. The Balaban J connectivity index is 1.17. The van der Waals surface area contributed by atoms with E-state index < -0.39 is 16.1 Å². The molecular weight excluding hydrogens is 504 g/mol. The molecule has 4 N–H and O–H groups in total. The summed E-state index contributed by atoms with van der Waals surface area (Å²) in [5.41, 5.74) is 8.81. The number of hydrogen-bond acceptors (Lipinski definition) is 8. The second-order valence-electron chi connectivity index (χ2n) is 10.8. The molecule has 1 unspecified atom stereocenters. The minimum atomic E-state index is -3.21. The normalized spacial score (nSPS) is 23.0. The van der Waals surface area contributed by atoms with Crippen LogP contribution in [0.4, 0.5) is 5.69 Å². The molecule has 0 saturated carbocycles. The van der Waals surface area contributed by atoms with Crippen LogP contribution in [-0.4, -0.2) is 85.0 Å². The molecule has 3 aliphatic rings. The lowest BCUT2D eigenvalue weighted by Gasteiger charge is -2.33. The molecule has 3 fully saturated rings. The molecule has 0 aliphatic carbocycles. The molecule has 1 atom stereocenters. The maximum atomic E-state index is 12.7. The average molecular weight is 543 g/mol. The Morgan fingerprint density at radius 1 is 1.03 bits per heavy atom. The minimum absolute atomic E-state index is 0.119. The summed E-state index contributed by atoms with van der Waals surface area (Å²) in [7, 11) is -3.21. The number of rotatable bonds is 8. The Hall–Kier alpha value is -2.60. The monoisotopic (exact) mass is 542 g/mol. The van der Waals surface area contributed by atoms with Crippen LogP contribution in [0, 0.1) is 0 Å². The van der Waals surface area contributed by atoms with E-state index in [-0.39, 0.29) is 23.6 Å². The number of carbonyl (C=O) groups excluding carboxylic acids is 2. The topological polar surface area (TPSA) is 138 Å². The van der Waals surface area contributed by atoms with Crippen molar-refractivity contribution in [2.45, 2.75) is 62.9 Å². The van der Waals surface area contributed by atoms with Crippen molar-refractivity contribution in [3.05, 3.63) is 36.0 Å². The van der Waals surface area contributed by atoms with E-state index in [1.807, 2.05) is 12.1 Å². The van der Waals surface area contributed by atoms with Crippen LogP contribution in [0.5, 0.6) is 0 Å². The van der Waals surface area contributed by atoms with Gasteiger partial charge >= 0.3 is 0 Å². The van der Waals surface area contributed by atoms with Crippen molar-refractivity contribution in [1.29, 1.82) is 0 Å². The molecule has 1 aromatic carbocycles. The fraction of sp³-hybridized carbons (Fsp3) is 0.593. The maximum Gasteiger partial charge on any atom is 0.249 e. The van der Waals surface area contributed by atoms with Gasteiger partial charge in [0.1, 0.15) is 6.04 Å². The van der Waals surface area contributed by atoms with E-state index in [2.05, 4.69) is 32.7 Å². The fourth-order valence-corrected chi connectivity index (χ4v) is 7.43. The van der Waals surface area contributed by atoms with Crippen LogP contribution in [0.25, 0.3) is 10.9 Å². The van der Waals surface area contributed by atoms with Gasteiger partial charge in [0.15, 0.2) is 0 Å². The van der Waals surface area contributed by atoms with Gasteiger partial charge < -0.3 is 16.0 Å². The number of piperidine rings is 3. The summed E-state index contributed by atoms with van der Waals surface area (Å²) in [4.78, 5) is 30.7. The first-order chi connectivity index (χ1) is 18.3. The maximum absolute atomic E-state index is 12.7. The summed E-state index contributed by atoms with van der Waals surface area (Å²) in [6.45, 7) is 3.73. The predicted molar refractivity (Wildman–Crippen MR) is 147 cm³/mol. The number of nitrogens with one attached hydrogen (secondary N) is 2. The second-order valence-corrected chi connectivity index (χ2v) is 12.9. The van der Waals surface area contributed by atoms with Gasteiger partial charge in [-0.25, -0.2) is 12.7 Å². The molecule has 2 amide bonds. The van der Waals surface area contributed by atoms with Crippen molar-refractivity contribution < 1.29 is 18.0 Å². The van der Waals surface area contributed by atoms with Crippen molar-refractivity contribution in [2.75, 3.05) is 43.8 Å². The van der Waals surface area contributed by atoms with E-state index in [0.717, 1.165) is 61.9 Å². The molecule has 1 aromatic heterocycles. The van der Waals surface area contributed by atoms with Crippen molar-refractivity contribution in [3.63, 3.8) is 0 Å². The number of pyridine rings is 1. The van der Waals surface area contributed by atoms with E-state index in [9.17, 15) is 18.0 Å². The first-order valence-corrected chi connectivity index (χ1v) is 15.3. The molecule has 3 aliphatic heterocycles. The number of amides is 2. The highest BCUT2D eigenvalue weighted by Crippen LogP contribution is 2.35. The molecule has 0 bridgehead atoms. The van der Waals surface area contributed by atoms with Crippen LogP contribution in [0.1, 0.15) is 56.4 Å². The van der Waals surface area contributed by atoms with E-state index in [0.29, 0.717) is 38.3 Å². The molecule has 10 nitrogen and oxygen atoms in total. The van der Waals surface area contributed by atoms with E-state index in [1.54, 1.807) is 10.5 Å². The van der Waals surface area contributed by atoms with Crippen LogP contribution >= 0.6 is 0 Å². The van der Waals surface area contributed by atoms with Crippen molar-refractivity contribution in [3.8, 4) is 0 Å². The minimum Gasteiger partial charge on any atom is -0.372 e. The summed E-state index contributed by atoms with van der Waals surface area (Å²) in [6, 6.07) is 7.82.